The van der Waals surface area contributed by atoms with Crippen LogP contribution >= 0.6 is 11.8 Å². The summed E-state index contributed by atoms with van der Waals surface area (Å²) in [6.07, 6.45) is 3.01. The normalized spacial score (nSPS) is 18.3. The molecule has 0 aliphatic carbocycles. The van der Waals surface area contributed by atoms with Crippen LogP contribution in [0.25, 0.3) is 0 Å². The molecule has 4 nitrogen and oxygen atoms in total. The Hall–Kier alpha value is -1.56. The summed E-state index contributed by atoms with van der Waals surface area (Å²) in [6.45, 7) is 0.436. The predicted molar refractivity (Wildman–Crippen MR) is 75.3 cm³/mol. The molecule has 1 heterocycles. The average Bonchev–Trinajstić information content (AvgIpc) is 2.90. The highest BCUT2D eigenvalue weighted by molar-refractivity contribution is 7.97. The summed E-state index contributed by atoms with van der Waals surface area (Å²) < 4.78 is 13.6. The fraction of sp³-hybridized carbons (Fsp3) is 0.429. The quantitative estimate of drug-likeness (QED) is 0.927. The number of halogens is 1. The van der Waals surface area contributed by atoms with Gasteiger partial charge in [-0.3, -0.25) is 4.79 Å². The van der Waals surface area contributed by atoms with Gasteiger partial charge in [0.25, 0.3) is 5.91 Å². The molecule has 0 bridgehead atoms. The summed E-state index contributed by atoms with van der Waals surface area (Å²) in [4.78, 5) is 24.8. The van der Waals surface area contributed by atoms with Gasteiger partial charge in [0, 0.05) is 17.9 Å². The van der Waals surface area contributed by atoms with Crippen molar-refractivity contribution in [3.63, 3.8) is 0 Å². The number of carboxylic acids is 1. The van der Waals surface area contributed by atoms with E-state index in [9.17, 15) is 14.0 Å². The van der Waals surface area contributed by atoms with E-state index in [4.69, 9.17) is 5.11 Å². The Kier molecular flexibility index (Phi) is 4.65. The second kappa shape index (κ2) is 6.26. The number of rotatable bonds is 4. The van der Waals surface area contributed by atoms with Gasteiger partial charge in [-0.15, -0.1) is 0 Å². The molecular weight excluding hydrogens is 281 g/mol. The second-order valence-corrected chi connectivity index (χ2v) is 5.60. The number of aliphatic carboxylic acids is 1. The zero-order valence-corrected chi connectivity index (χ0v) is 12.0. The number of nitrogens with zero attached hydrogens (tertiary/aromatic N) is 1. The molecule has 2 rings (SSSR count). The molecule has 1 amide bonds. The number of benzene rings is 1. The zero-order valence-electron chi connectivity index (χ0n) is 11.1. The van der Waals surface area contributed by atoms with E-state index in [-0.39, 0.29) is 11.7 Å². The standard InChI is InChI=1S/C14H16FNO3S/c1-20-8-10-7-9(4-5-11(10)15)13(17)16-6-2-3-12(16)14(18)19/h4-5,7,12H,2-3,6,8H2,1H3,(H,18,19). The maximum absolute atomic E-state index is 13.6. The van der Waals surface area contributed by atoms with Crippen molar-refractivity contribution in [3.8, 4) is 0 Å². The van der Waals surface area contributed by atoms with Crippen LogP contribution in [0.3, 0.4) is 0 Å². The number of carbonyl (C=O) groups excluding carboxylic acids is 1. The van der Waals surface area contributed by atoms with Crippen LogP contribution in [0, 0.1) is 5.82 Å². The van der Waals surface area contributed by atoms with Crippen molar-refractivity contribution < 1.29 is 19.1 Å². The first-order chi connectivity index (χ1) is 9.54. The van der Waals surface area contributed by atoms with Crippen molar-refractivity contribution in [2.75, 3.05) is 12.8 Å². The van der Waals surface area contributed by atoms with Gasteiger partial charge in [-0.2, -0.15) is 11.8 Å². The number of amides is 1. The van der Waals surface area contributed by atoms with Gasteiger partial charge in [0.1, 0.15) is 11.9 Å². The summed E-state index contributed by atoms with van der Waals surface area (Å²) in [5.74, 6) is -1.18. The Labute approximate surface area is 121 Å². The highest BCUT2D eigenvalue weighted by atomic mass is 32.2. The Morgan fingerprint density at radius 2 is 2.25 bits per heavy atom. The van der Waals surface area contributed by atoms with E-state index in [1.54, 1.807) is 0 Å². The van der Waals surface area contributed by atoms with Gasteiger partial charge >= 0.3 is 5.97 Å². The van der Waals surface area contributed by atoms with Gasteiger partial charge in [-0.1, -0.05) is 0 Å². The van der Waals surface area contributed by atoms with Crippen LogP contribution in [0.4, 0.5) is 4.39 Å². The summed E-state index contributed by atoms with van der Waals surface area (Å²) in [5.41, 5.74) is 0.818. The van der Waals surface area contributed by atoms with Crippen molar-refractivity contribution in [3.05, 3.63) is 35.1 Å². The molecule has 1 aromatic rings. The molecule has 1 aliphatic rings. The molecule has 1 saturated heterocycles. The highest BCUT2D eigenvalue weighted by Crippen LogP contribution is 2.22. The minimum Gasteiger partial charge on any atom is -0.480 e. The third-order valence-electron chi connectivity index (χ3n) is 3.39. The molecule has 108 valence electrons. The van der Waals surface area contributed by atoms with Crippen molar-refractivity contribution in [1.29, 1.82) is 0 Å². The predicted octanol–water partition coefficient (Wildman–Crippen LogP) is 2.38. The van der Waals surface area contributed by atoms with Gasteiger partial charge < -0.3 is 10.0 Å². The molecule has 0 saturated carbocycles. The van der Waals surface area contributed by atoms with E-state index < -0.39 is 12.0 Å². The lowest BCUT2D eigenvalue weighted by atomic mass is 10.1. The molecule has 0 spiro atoms. The van der Waals surface area contributed by atoms with Crippen molar-refractivity contribution >= 4 is 23.6 Å². The maximum Gasteiger partial charge on any atom is 0.326 e. The molecule has 1 fully saturated rings. The van der Waals surface area contributed by atoms with Gasteiger partial charge in [0.2, 0.25) is 0 Å². The second-order valence-electron chi connectivity index (χ2n) is 4.73. The molecule has 1 aliphatic heterocycles. The van der Waals surface area contributed by atoms with Crippen LogP contribution in [-0.2, 0) is 10.5 Å². The van der Waals surface area contributed by atoms with Crippen molar-refractivity contribution in [2.45, 2.75) is 24.6 Å². The number of carbonyl (C=O) groups is 2. The number of likely N-dealkylation sites (tertiary alicyclic amines) is 1. The summed E-state index contributed by atoms with van der Waals surface area (Å²) >= 11 is 1.47. The SMILES string of the molecule is CSCc1cc(C(=O)N2CCCC2C(=O)O)ccc1F. The average molecular weight is 297 g/mol. The number of hydrogen-bond donors (Lipinski definition) is 1. The van der Waals surface area contributed by atoms with E-state index in [0.29, 0.717) is 36.3 Å². The Morgan fingerprint density at radius 1 is 1.50 bits per heavy atom. The molecule has 0 radical (unpaired) electrons. The minimum atomic E-state index is -0.984. The number of thioether (sulfide) groups is 1. The first-order valence-electron chi connectivity index (χ1n) is 6.35. The van der Waals surface area contributed by atoms with Crippen LogP contribution in [0.2, 0.25) is 0 Å². The molecule has 1 N–H and O–H groups in total. The lowest BCUT2D eigenvalue weighted by Gasteiger charge is -2.21. The summed E-state index contributed by atoms with van der Waals surface area (Å²) in [5, 5.41) is 9.11. The fourth-order valence-corrected chi connectivity index (χ4v) is 2.94. The van der Waals surface area contributed by atoms with Crippen LogP contribution in [0.15, 0.2) is 18.2 Å². The van der Waals surface area contributed by atoms with E-state index in [2.05, 4.69) is 0 Å². The third-order valence-corrected chi connectivity index (χ3v) is 3.99. The summed E-state index contributed by atoms with van der Waals surface area (Å²) in [6, 6.07) is 3.44. The first kappa shape index (κ1) is 14.8. The van der Waals surface area contributed by atoms with Crippen LogP contribution < -0.4 is 0 Å². The molecule has 0 aromatic heterocycles. The largest absolute Gasteiger partial charge is 0.480 e. The Balaban J connectivity index is 2.24. The molecule has 20 heavy (non-hydrogen) atoms. The van der Waals surface area contributed by atoms with Crippen LogP contribution in [0.1, 0.15) is 28.8 Å². The number of hydrogen-bond acceptors (Lipinski definition) is 3. The molecule has 1 aromatic carbocycles. The van der Waals surface area contributed by atoms with Gasteiger partial charge in [0.15, 0.2) is 0 Å². The molecular formula is C14H16FNO3S. The van der Waals surface area contributed by atoms with Crippen molar-refractivity contribution in [2.24, 2.45) is 0 Å². The monoisotopic (exact) mass is 297 g/mol. The fourth-order valence-electron chi connectivity index (χ4n) is 2.41. The highest BCUT2D eigenvalue weighted by Gasteiger charge is 2.34. The molecule has 1 unspecified atom stereocenters. The molecule has 1 atom stereocenters. The van der Waals surface area contributed by atoms with Crippen LogP contribution in [-0.4, -0.2) is 40.7 Å². The van der Waals surface area contributed by atoms with Gasteiger partial charge in [0.05, 0.1) is 0 Å². The maximum atomic E-state index is 13.6. The third kappa shape index (κ3) is 2.95. The zero-order chi connectivity index (χ0) is 14.7. The topological polar surface area (TPSA) is 57.6 Å². The molecule has 6 heteroatoms. The Morgan fingerprint density at radius 3 is 2.90 bits per heavy atom. The Bertz CT molecular complexity index is 535. The van der Waals surface area contributed by atoms with E-state index in [1.165, 1.54) is 34.9 Å². The van der Waals surface area contributed by atoms with E-state index >= 15 is 0 Å². The lowest BCUT2D eigenvalue weighted by molar-refractivity contribution is -0.141. The lowest BCUT2D eigenvalue weighted by Crippen LogP contribution is -2.40. The number of carboxylic acid groups (broad SMARTS) is 1. The van der Waals surface area contributed by atoms with Crippen molar-refractivity contribution in [1.82, 2.24) is 4.90 Å². The smallest absolute Gasteiger partial charge is 0.326 e. The van der Waals surface area contributed by atoms with E-state index in [1.807, 2.05) is 6.26 Å². The first-order valence-corrected chi connectivity index (χ1v) is 7.75. The minimum absolute atomic E-state index is 0.336. The van der Waals surface area contributed by atoms with Crippen LogP contribution in [0.5, 0.6) is 0 Å². The van der Waals surface area contributed by atoms with E-state index in [0.717, 1.165) is 0 Å². The summed E-state index contributed by atoms with van der Waals surface area (Å²) in [7, 11) is 0. The van der Waals surface area contributed by atoms with Gasteiger partial charge in [-0.05, 0) is 42.9 Å². The van der Waals surface area contributed by atoms with Gasteiger partial charge in [-0.25, -0.2) is 9.18 Å².